The fraction of sp³-hybridized carbons (Fsp3) is 0.292. The number of esters is 1. The summed E-state index contributed by atoms with van der Waals surface area (Å²) in [4.78, 5) is 40.6. The number of likely N-dealkylation sites (tertiary alicyclic amines) is 1. The Kier molecular flexibility index (Phi) is 6.90. The third-order valence-electron chi connectivity index (χ3n) is 5.89. The van der Waals surface area contributed by atoms with Gasteiger partial charge in [-0.3, -0.25) is 19.1 Å². The Hall–Kier alpha value is -2.98. The standard InChI is InChI=1S/C24H23BrN2O6S/c1-2-33-24(30)15-11-13-27(14-12-15)21-20(22(28)18-5-3-4-6-19(18)23(21)29)26-34(31,32)17-9-7-16(25)8-10-17/h3-10,15,26H,2,11-14H2,1H3. The smallest absolute Gasteiger partial charge is 0.309 e. The molecule has 2 aromatic rings. The Balaban J connectivity index is 1.72. The lowest BCUT2D eigenvalue weighted by molar-refractivity contribution is -0.149. The molecule has 0 bridgehead atoms. The van der Waals surface area contributed by atoms with E-state index in [1.54, 1.807) is 42.2 Å². The Morgan fingerprint density at radius 3 is 2.21 bits per heavy atom. The summed E-state index contributed by atoms with van der Waals surface area (Å²) < 4.78 is 34.4. The van der Waals surface area contributed by atoms with Crippen molar-refractivity contribution in [3.05, 3.63) is 75.5 Å². The topological polar surface area (TPSA) is 110 Å². The first-order valence-electron chi connectivity index (χ1n) is 10.9. The second-order valence-corrected chi connectivity index (χ2v) is 10.6. The number of fused-ring (bicyclic) bond motifs is 1. The number of carbonyl (C=O) groups is 3. The minimum atomic E-state index is -4.14. The van der Waals surface area contributed by atoms with Crippen molar-refractivity contribution in [3.63, 3.8) is 0 Å². The van der Waals surface area contributed by atoms with Crippen LogP contribution >= 0.6 is 15.9 Å². The quantitative estimate of drug-likeness (QED) is 0.553. The predicted octanol–water partition coefficient (Wildman–Crippen LogP) is 3.29. The SMILES string of the molecule is CCOC(=O)C1CCN(C2=C(NS(=O)(=O)c3ccc(Br)cc3)C(=O)c3ccccc3C2=O)CC1. The van der Waals surface area contributed by atoms with Gasteiger partial charge in [-0.1, -0.05) is 40.2 Å². The van der Waals surface area contributed by atoms with E-state index in [4.69, 9.17) is 4.74 Å². The number of sulfonamides is 1. The summed E-state index contributed by atoms with van der Waals surface area (Å²) in [5, 5.41) is 0. The van der Waals surface area contributed by atoms with Crippen LogP contribution in [0.4, 0.5) is 0 Å². The fourth-order valence-corrected chi connectivity index (χ4v) is 5.50. The van der Waals surface area contributed by atoms with Crippen LogP contribution in [-0.4, -0.2) is 50.5 Å². The fourth-order valence-electron chi connectivity index (χ4n) is 4.16. The van der Waals surface area contributed by atoms with Crippen molar-refractivity contribution >= 4 is 43.5 Å². The van der Waals surface area contributed by atoms with Gasteiger partial charge in [-0.25, -0.2) is 8.42 Å². The maximum absolute atomic E-state index is 13.5. The molecule has 4 rings (SSSR count). The van der Waals surface area contributed by atoms with Crippen LogP contribution in [0, 0.1) is 5.92 Å². The minimum absolute atomic E-state index is 0.00620. The summed E-state index contributed by atoms with van der Waals surface area (Å²) in [6.07, 6.45) is 0.858. The molecule has 34 heavy (non-hydrogen) atoms. The molecular formula is C24H23BrN2O6S. The van der Waals surface area contributed by atoms with Gasteiger partial charge >= 0.3 is 5.97 Å². The largest absolute Gasteiger partial charge is 0.466 e. The molecule has 1 heterocycles. The van der Waals surface area contributed by atoms with Crippen molar-refractivity contribution in [1.29, 1.82) is 0 Å². The molecule has 178 valence electrons. The number of halogens is 1. The molecule has 8 nitrogen and oxygen atoms in total. The van der Waals surface area contributed by atoms with E-state index in [1.165, 1.54) is 18.2 Å². The lowest BCUT2D eigenvalue weighted by Crippen LogP contribution is -2.44. The third-order valence-corrected chi connectivity index (χ3v) is 7.78. The zero-order valence-corrected chi connectivity index (χ0v) is 20.8. The molecule has 0 unspecified atom stereocenters. The van der Waals surface area contributed by atoms with Gasteiger partial charge in [0.05, 0.1) is 17.4 Å². The van der Waals surface area contributed by atoms with Crippen LogP contribution in [0.15, 0.2) is 69.3 Å². The van der Waals surface area contributed by atoms with Crippen molar-refractivity contribution in [1.82, 2.24) is 9.62 Å². The van der Waals surface area contributed by atoms with Crippen LogP contribution in [0.1, 0.15) is 40.5 Å². The molecule has 0 aromatic heterocycles. The summed E-state index contributed by atoms with van der Waals surface area (Å²) >= 11 is 3.27. The van der Waals surface area contributed by atoms with E-state index in [2.05, 4.69) is 20.7 Å². The van der Waals surface area contributed by atoms with Crippen molar-refractivity contribution in [2.24, 2.45) is 5.92 Å². The number of benzene rings is 2. The Morgan fingerprint density at radius 1 is 1.03 bits per heavy atom. The monoisotopic (exact) mass is 546 g/mol. The average Bonchev–Trinajstić information content (AvgIpc) is 2.83. The lowest BCUT2D eigenvalue weighted by atomic mass is 9.88. The first-order chi connectivity index (χ1) is 16.2. The average molecular weight is 547 g/mol. The Labute approximate surface area is 206 Å². The minimum Gasteiger partial charge on any atom is -0.466 e. The van der Waals surface area contributed by atoms with Crippen molar-refractivity contribution in [2.45, 2.75) is 24.7 Å². The molecule has 10 heteroatoms. The summed E-state index contributed by atoms with van der Waals surface area (Å²) in [6.45, 7) is 2.65. The Morgan fingerprint density at radius 2 is 1.62 bits per heavy atom. The van der Waals surface area contributed by atoms with Crippen LogP contribution in [0.5, 0.6) is 0 Å². The zero-order chi connectivity index (χ0) is 24.5. The highest BCUT2D eigenvalue weighted by Gasteiger charge is 2.39. The molecule has 2 aliphatic rings. The van der Waals surface area contributed by atoms with Crippen molar-refractivity contribution in [3.8, 4) is 0 Å². The second-order valence-electron chi connectivity index (χ2n) is 8.00. The number of Topliss-reactive ketones (excluding diaryl/α,β-unsaturated/α-hetero) is 2. The molecule has 2 aromatic carbocycles. The molecule has 0 atom stereocenters. The molecule has 1 aliphatic heterocycles. The van der Waals surface area contributed by atoms with Crippen LogP contribution in [0.3, 0.4) is 0 Å². The summed E-state index contributed by atoms with van der Waals surface area (Å²) in [7, 11) is -4.14. The van der Waals surface area contributed by atoms with E-state index in [0.29, 0.717) is 30.4 Å². The van der Waals surface area contributed by atoms with Gasteiger partial charge in [-0.2, -0.15) is 0 Å². The first-order valence-corrected chi connectivity index (χ1v) is 13.1. The number of rotatable bonds is 6. The van der Waals surface area contributed by atoms with Crippen LogP contribution in [-0.2, 0) is 19.6 Å². The van der Waals surface area contributed by atoms with Crippen molar-refractivity contribution in [2.75, 3.05) is 19.7 Å². The van der Waals surface area contributed by atoms with Gasteiger partial charge in [0.1, 0.15) is 11.4 Å². The van der Waals surface area contributed by atoms with Gasteiger partial charge in [-0.15, -0.1) is 0 Å². The van der Waals surface area contributed by atoms with E-state index >= 15 is 0 Å². The number of ether oxygens (including phenoxy) is 1. The van der Waals surface area contributed by atoms with Crippen molar-refractivity contribution < 1.29 is 27.5 Å². The number of carbonyl (C=O) groups excluding carboxylic acids is 3. The second kappa shape index (κ2) is 9.71. The summed E-state index contributed by atoms with van der Waals surface area (Å²) in [6, 6.07) is 12.3. The first kappa shape index (κ1) is 24.2. The predicted molar refractivity (Wildman–Crippen MR) is 128 cm³/mol. The number of allylic oxidation sites excluding steroid dienone is 2. The molecule has 1 aliphatic carbocycles. The van der Waals surface area contributed by atoms with Crippen LogP contribution in [0.25, 0.3) is 0 Å². The maximum atomic E-state index is 13.5. The highest BCUT2D eigenvalue weighted by atomic mass is 79.9. The van der Waals surface area contributed by atoms with E-state index in [1.807, 2.05) is 0 Å². The van der Waals surface area contributed by atoms with Gasteiger partial charge in [-0.05, 0) is 44.0 Å². The van der Waals surface area contributed by atoms with E-state index in [0.717, 1.165) is 0 Å². The maximum Gasteiger partial charge on any atom is 0.309 e. The number of nitrogens with one attached hydrogen (secondary N) is 1. The molecule has 1 N–H and O–H groups in total. The van der Waals surface area contributed by atoms with Gasteiger partial charge in [0, 0.05) is 28.7 Å². The normalized spacial score (nSPS) is 16.9. The van der Waals surface area contributed by atoms with E-state index in [-0.39, 0.29) is 45.9 Å². The van der Waals surface area contributed by atoms with Crippen LogP contribution in [0.2, 0.25) is 0 Å². The Bertz CT molecular complexity index is 1280. The third kappa shape index (κ3) is 4.65. The van der Waals surface area contributed by atoms with E-state index < -0.39 is 21.6 Å². The molecule has 0 spiro atoms. The van der Waals surface area contributed by atoms with Gasteiger partial charge < -0.3 is 9.64 Å². The molecule has 0 radical (unpaired) electrons. The zero-order valence-electron chi connectivity index (χ0n) is 18.4. The number of ketones is 2. The summed E-state index contributed by atoms with van der Waals surface area (Å²) in [5.41, 5.74) is 0.0978. The summed E-state index contributed by atoms with van der Waals surface area (Å²) in [5.74, 6) is -1.60. The molecular weight excluding hydrogens is 524 g/mol. The van der Waals surface area contributed by atoms with Gasteiger partial charge in [0.2, 0.25) is 11.6 Å². The number of nitrogens with zero attached hydrogens (tertiary/aromatic N) is 1. The molecule has 0 amide bonds. The number of hydrogen-bond donors (Lipinski definition) is 1. The highest BCUT2D eigenvalue weighted by molar-refractivity contribution is 9.10. The molecule has 0 saturated carbocycles. The highest BCUT2D eigenvalue weighted by Crippen LogP contribution is 2.31. The number of hydrogen-bond acceptors (Lipinski definition) is 7. The van der Waals surface area contributed by atoms with Crippen LogP contribution < -0.4 is 4.72 Å². The molecule has 1 fully saturated rings. The number of piperidine rings is 1. The molecule has 1 saturated heterocycles. The van der Waals surface area contributed by atoms with Gasteiger partial charge in [0.15, 0.2) is 0 Å². The lowest BCUT2D eigenvalue weighted by Gasteiger charge is -2.36. The van der Waals surface area contributed by atoms with E-state index in [9.17, 15) is 22.8 Å². The van der Waals surface area contributed by atoms with Gasteiger partial charge in [0.25, 0.3) is 10.0 Å².